The molecule has 0 bridgehead atoms. The molecule has 0 aliphatic carbocycles. The lowest BCUT2D eigenvalue weighted by Crippen LogP contribution is -2.13. The molecule has 2 aromatic heterocycles. The minimum Gasteiger partial charge on any atom is -0.340 e. The lowest BCUT2D eigenvalue weighted by atomic mass is 10.3. The van der Waals surface area contributed by atoms with Crippen LogP contribution in [0.15, 0.2) is 72.1 Å². The number of halogens is 2. The third kappa shape index (κ3) is 4.83. The molecule has 0 aliphatic rings. The van der Waals surface area contributed by atoms with Crippen LogP contribution in [0.25, 0.3) is 5.82 Å². The summed E-state index contributed by atoms with van der Waals surface area (Å²) in [6, 6.07) is 10.1. The fourth-order valence-corrected chi connectivity index (χ4v) is 3.91. The van der Waals surface area contributed by atoms with E-state index in [0.29, 0.717) is 29.2 Å². The zero-order valence-corrected chi connectivity index (χ0v) is 16.9. The van der Waals surface area contributed by atoms with Gasteiger partial charge in [0.05, 0.1) is 4.90 Å². The van der Waals surface area contributed by atoms with Gasteiger partial charge >= 0.3 is 0 Å². The van der Waals surface area contributed by atoms with Gasteiger partial charge in [0.1, 0.15) is 35.4 Å². The van der Waals surface area contributed by atoms with Crippen LogP contribution in [-0.2, 0) is 10.0 Å². The van der Waals surface area contributed by atoms with Crippen LogP contribution in [0.4, 0.5) is 26.0 Å². The maximum Gasteiger partial charge on any atom is 0.262 e. The summed E-state index contributed by atoms with van der Waals surface area (Å²) in [6.07, 6.45) is 5.02. The van der Waals surface area contributed by atoms with E-state index in [9.17, 15) is 17.2 Å². The predicted molar refractivity (Wildman–Crippen MR) is 111 cm³/mol. The Labute approximate surface area is 176 Å². The molecule has 8 nitrogen and oxygen atoms in total. The van der Waals surface area contributed by atoms with Crippen molar-refractivity contribution in [1.29, 1.82) is 0 Å². The Kier molecular flexibility index (Phi) is 5.34. The molecule has 158 valence electrons. The van der Waals surface area contributed by atoms with Crippen LogP contribution in [0.5, 0.6) is 0 Å². The summed E-state index contributed by atoms with van der Waals surface area (Å²) in [5, 5.41) is 3.12. The van der Waals surface area contributed by atoms with E-state index in [2.05, 4.69) is 25.0 Å². The third-order valence-corrected chi connectivity index (χ3v) is 5.51. The molecule has 0 spiro atoms. The number of aryl methyl sites for hydroxylation is 1. The Hall–Kier alpha value is -3.86. The van der Waals surface area contributed by atoms with Gasteiger partial charge in [-0.2, -0.15) is 0 Å². The van der Waals surface area contributed by atoms with E-state index in [1.165, 1.54) is 12.1 Å². The third-order valence-electron chi connectivity index (χ3n) is 4.15. The quantitative estimate of drug-likeness (QED) is 0.471. The molecule has 0 radical (unpaired) electrons. The molecule has 11 heteroatoms. The second-order valence-corrected chi connectivity index (χ2v) is 8.22. The van der Waals surface area contributed by atoms with Gasteiger partial charge in [0.2, 0.25) is 0 Å². The molecule has 4 aromatic rings. The number of nitrogens with zero attached hydrogens (tertiary/aromatic N) is 4. The SMILES string of the molecule is Cc1nc(Nc2ccc(NS(=O)(=O)c3cc(F)cc(F)c3)cc2)cc(-n2ccnc2)n1. The van der Waals surface area contributed by atoms with Crippen molar-refractivity contribution in [3.63, 3.8) is 0 Å². The average Bonchev–Trinajstić information content (AvgIpc) is 3.23. The lowest BCUT2D eigenvalue weighted by molar-refractivity contribution is 0.568. The molecule has 2 aromatic carbocycles. The fourth-order valence-electron chi connectivity index (χ4n) is 2.81. The van der Waals surface area contributed by atoms with Crippen LogP contribution in [0.1, 0.15) is 5.82 Å². The summed E-state index contributed by atoms with van der Waals surface area (Å²) in [4.78, 5) is 12.2. The molecule has 0 saturated carbocycles. The fraction of sp³-hybridized carbons (Fsp3) is 0.0500. The number of aromatic nitrogens is 4. The summed E-state index contributed by atoms with van der Waals surface area (Å²) >= 11 is 0. The molecule has 4 rings (SSSR count). The molecule has 0 atom stereocenters. The van der Waals surface area contributed by atoms with E-state index >= 15 is 0 Å². The first-order valence-electron chi connectivity index (χ1n) is 8.98. The van der Waals surface area contributed by atoms with Crippen molar-refractivity contribution >= 4 is 27.2 Å². The number of hydrogen-bond donors (Lipinski definition) is 2. The van der Waals surface area contributed by atoms with E-state index < -0.39 is 26.6 Å². The average molecular weight is 442 g/mol. The van der Waals surface area contributed by atoms with Crippen LogP contribution in [-0.4, -0.2) is 27.9 Å². The number of sulfonamides is 1. The first-order chi connectivity index (χ1) is 14.8. The van der Waals surface area contributed by atoms with Crippen molar-refractivity contribution in [3.8, 4) is 5.82 Å². The van der Waals surface area contributed by atoms with Crippen LogP contribution >= 0.6 is 0 Å². The van der Waals surface area contributed by atoms with Gasteiger partial charge in [-0.3, -0.25) is 9.29 Å². The van der Waals surface area contributed by atoms with E-state index in [0.717, 1.165) is 12.1 Å². The Morgan fingerprint density at radius 2 is 1.61 bits per heavy atom. The zero-order valence-electron chi connectivity index (χ0n) is 16.1. The highest BCUT2D eigenvalue weighted by atomic mass is 32.2. The predicted octanol–water partition coefficient (Wildman–Crippen LogP) is 3.79. The maximum atomic E-state index is 13.3. The van der Waals surface area contributed by atoms with Gasteiger partial charge in [-0.1, -0.05) is 0 Å². The van der Waals surface area contributed by atoms with E-state index in [4.69, 9.17) is 0 Å². The summed E-state index contributed by atoms with van der Waals surface area (Å²) in [5.41, 5.74) is 0.877. The molecular weight excluding hydrogens is 426 g/mol. The van der Waals surface area contributed by atoms with E-state index in [1.807, 2.05) is 0 Å². The maximum absolute atomic E-state index is 13.3. The van der Waals surface area contributed by atoms with Crippen LogP contribution in [0.2, 0.25) is 0 Å². The number of hydrogen-bond acceptors (Lipinski definition) is 6. The molecule has 2 N–H and O–H groups in total. The van der Waals surface area contributed by atoms with Gasteiger partial charge in [0.15, 0.2) is 0 Å². The van der Waals surface area contributed by atoms with Crippen LogP contribution < -0.4 is 10.0 Å². The standard InChI is InChI=1S/C20H16F2N6O2S/c1-13-24-19(11-20(25-13)28-7-6-23-12-28)26-16-2-4-17(5-3-16)27-31(29,30)18-9-14(21)8-15(22)10-18/h2-12,27H,1H3,(H,24,25,26). The second-order valence-electron chi connectivity index (χ2n) is 6.54. The van der Waals surface area contributed by atoms with Crippen molar-refractivity contribution in [1.82, 2.24) is 19.5 Å². The lowest BCUT2D eigenvalue weighted by Gasteiger charge is -2.11. The second kappa shape index (κ2) is 8.11. The summed E-state index contributed by atoms with van der Waals surface area (Å²) < 4.78 is 55.5. The van der Waals surface area contributed by atoms with Crippen molar-refractivity contribution < 1.29 is 17.2 Å². The van der Waals surface area contributed by atoms with Crippen LogP contribution in [0, 0.1) is 18.6 Å². The molecule has 2 heterocycles. The molecular formula is C20H16F2N6O2S. The van der Waals surface area contributed by atoms with Gasteiger partial charge in [0.25, 0.3) is 10.0 Å². The Balaban J connectivity index is 1.51. The zero-order chi connectivity index (χ0) is 22.0. The van der Waals surface area contributed by atoms with Crippen molar-refractivity contribution in [3.05, 3.63) is 84.7 Å². The van der Waals surface area contributed by atoms with Crippen molar-refractivity contribution in [2.24, 2.45) is 0 Å². The van der Waals surface area contributed by atoms with Gasteiger partial charge < -0.3 is 5.32 Å². The molecule has 31 heavy (non-hydrogen) atoms. The number of rotatable bonds is 6. The topological polar surface area (TPSA) is 102 Å². The number of nitrogens with one attached hydrogen (secondary N) is 2. The minimum atomic E-state index is -4.15. The Bertz CT molecular complexity index is 1310. The van der Waals surface area contributed by atoms with Gasteiger partial charge in [-0.15, -0.1) is 0 Å². The number of anilines is 3. The highest BCUT2D eigenvalue weighted by Gasteiger charge is 2.16. The Morgan fingerprint density at radius 1 is 0.935 bits per heavy atom. The Morgan fingerprint density at radius 3 is 2.26 bits per heavy atom. The summed E-state index contributed by atoms with van der Waals surface area (Å²) in [7, 11) is -4.15. The highest BCUT2D eigenvalue weighted by Crippen LogP contribution is 2.22. The van der Waals surface area contributed by atoms with Gasteiger partial charge in [-0.05, 0) is 43.3 Å². The summed E-state index contributed by atoms with van der Waals surface area (Å²) in [5.74, 6) is -0.218. The molecule has 0 fully saturated rings. The number of benzene rings is 2. The van der Waals surface area contributed by atoms with E-state index in [1.54, 1.807) is 48.4 Å². The smallest absolute Gasteiger partial charge is 0.262 e. The minimum absolute atomic E-state index is 0.230. The first-order valence-corrected chi connectivity index (χ1v) is 10.5. The molecule has 0 aliphatic heterocycles. The normalized spacial score (nSPS) is 11.3. The largest absolute Gasteiger partial charge is 0.340 e. The van der Waals surface area contributed by atoms with Gasteiger partial charge in [-0.25, -0.2) is 32.2 Å². The van der Waals surface area contributed by atoms with Crippen molar-refractivity contribution in [2.45, 2.75) is 11.8 Å². The molecule has 0 unspecified atom stereocenters. The monoisotopic (exact) mass is 442 g/mol. The highest BCUT2D eigenvalue weighted by molar-refractivity contribution is 7.92. The molecule has 0 amide bonds. The van der Waals surface area contributed by atoms with Crippen LogP contribution in [0.3, 0.4) is 0 Å². The van der Waals surface area contributed by atoms with Gasteiger partial charge in [0, 0.05) is 35.9 Å². The van der Waals surface area contributed by atoms with Crippen molar-refractivity contribution in [2.75, 3.05) is 10.0 Å². The number of imidazole rings is 1. The van der Waals surface area contributed by atoms with E-state index in [-0.39, 0.29) is 5.69 Å². The summed E-state index contributed by atoms with van der Waals surface area (Å²) in [6.45, 7) is 1.76. The first kappa shape index (κ1) is 20.4. The molecule has 0 saturated heterocycles.